The fourth-order valence-corrected chi connectivity index (χ4v) is 2.15. The smallest absolute Gasteiger partial charge is 0.222 e. The van der Waals surface area contributed by atoms with E-state index >= 15 is 0 Å². The van der Waals surface area contributed by atoms with Gasteiger partial charge in [0.15, 0.2) is 0 Å². The van der Waals surface area contributed by atoms with Crippen molar-refractivity contribution in [3.05, 3.63) is 28.8 Å². The molecule has 0 saturated carbocycles. The molecule has 2 N–H and O–H groups in total. The van der Waals surface area contributed by atoms with Crippen molar-refractivity contribution in [1.82, 2.24) is 4.90 Å². The third-order valence-corrected chi connectivity index (χ3v) is 3.71. The lowest BCUT2D eigenvalue weighted by Gasteiger charge is -2.16. The molecule has 0 aliphatic rings. The van der Waals surface area contributed by atoms with Gasteiger partial charge in [-0.3, -0.25) is 4.79 Å². The number of amides is 1. The molecule has 1 atom stereocenters. The van der Waals surface area contributed by atoms with E-state index < -0.39 is 0 Å². The summed E-state index contributed by atoms with van der Waals surface area (Å²) >= 11 is 6.24. The van der Waals surface area contributed by atoms with Gasteiger partial charge in [-0.25, -0.2) is 0 Å². The summed E-state index contributed by atoms with van der Waals surface area (Å²) < 4.78 is 5.78. The number of rotatable bonds is 8. The van der Waals surface area contributed by atoms with Gasteiger partial charge in [0.1, 0.15) is 5.75 Å². The number of carbonyl (C=O) groups is 1. The van der Waals surface area contributed by atoms with E-state index in [4.69, 9.17) is 22.1 Å². The first kappa shape index (κ1) is 17.8. The quantitative estimate of drug-likeness (QED) is 0.751. The summed E-state index contributed by atoms with van der Waals surface area (Å²) in [5.74, 6) is 0.877. The lowest BCUT2D eigenvalue weighted by atomic mass is 10.0. The minimum atomic E-state index is 0.0718. The first-order valence-electron chi connectivity index (χ1n) is 7.31. The summed E-state index contributed by atoms with van der Waals surface area (Å²) in [5, 5.41) is 0.681. The van der Waals surface area contributed by atoms with E-state index in [1.54, 1.807) is 19.0 Å². The largest absolute Gasteiger partial charge is 0.493 e. The Kier molecular flexibility index (Phi) is 7.54. The van der Waals surface area contributed by atoms with Crippen LogP contribution in [0.2, 0.25) is 5.02 Å². The van der Waals surface area contributed by atoms with Crippen LogP contribution in [0.5, 0.6) is 5.75 Å². The standard InChI is InChI=1S/C16H25ClN2O2/c1-4-12(18)11-13-14(17)7-5-8-15(13)21-10-6-9-16(20)19(2)3/h5,7-8,12H,4,6,9-11,18H2,1-3H3. The molecule has 0 aliphatic heterocycles. The van der Waals surface area contributed by atoms with Gasteiger partial charge in [0.05, 0.1) is 6.61 Å². The summed E-state index contributed by atoms with van der Waals surface area (Å²) in [6, 6.07) is 5.69. The number of halogens is 1. The van der Waals surface area contributed by atoms with Crippen molar-refractivity contribution in [3.8, 4) is 5.75 Å². The average Bonchev–Trinajstić information content (AvgIpc) is 2.45. The van der Waals surface area contributed by atoms with Gasteiger partial charge in [-0.05, 0) is 31.4 Å². The van der Waals surface area contributed by atoms with Crippen LogP contribution < -0.4 is 10.5 Å². The number of ether oxygens (including phenoxy) is 1. The molecule has 1 aromatic carbocycles. The molecule has 0 bridgehead atoms. The highest BCUT2D eigenvalue weighted by Crippen LogP contribution is 2.28. The first-order valence-corrected chi connectivity index (χ1v) is 7.69. The van der Waals surface area contributed by atoms with Gasteiger partial charge in [0, 0.05) is 37.1 Å². The van der Waals surface area contributed by atoms with Gasteiger partial charge in [0.2, 0.25) is 5.91 Å². The Morgan fingerprint density at radius 1 is 1.43 bits per heavy atom. The predicted octanol–water partition coefficient (Wildman–Crippen LogP) is 2.87. The predicted molar refractivity (Wildman–Crippen MR) is 86.8 cm³/mol. The minimum absolute atomic E-state index is 0.0718. The number of nitrogens with two attached hydrogens (primary N) is 1. The van der Waals surface area contributed by atoms with E-state index in [1.165, 1.54) is 0 Å². The molecule has 4 nitrogen and oxygen atoms in total. The van der Waals surface area contributed by atoms with Crippen LogP contribution in [0, 0.1) is 0 Å². The first-order chi connectivity index (χ1) is 9.95. The molecule has 5 heteroatoms. The van der Waals surface area contributed by atoms with Crippen molar-refractivity contribution in [3.63, 3.8) is 0 Å². The van der Waals surface area contributed by atoms with Crippen molar-refractivity contribution >= 4 is 17.5 Å². The zero-order chi connectivity index (χ0) is 15.8. The van der Waals surface area contributed by atoms with Crippen LogP contribution in [0.25, 0.3) is 0 Å². The molecule has 0 fully saturated rings. The van der Waals surface area contributed by atoms with Crippen molar-refractivity contribution < 1.29 is 9.53 Å². The van der Waals surface area contributed by atoms with E-state index in [1.807, 2.05) is 18.2 Å². The molecule has 0 saturated heterocycles. The van der Waals surface area contributed by atoms with Crippen molar-refractivity contribution in [2.45, 2.75) is 38.6 Å². The Bertz CT molecular complexity index is 464. The van der Waals surface area contributed by atoms with Crippen LogP contribution in [-0.4, -0.2) is 37.6 Å². The Labute approximate surface area is 132 Å². The topological polar surface area (TPSA) is 55.6 Å². The summed E-state index contributed by atoms with van der Waals surface area (Å²) in [6.07, 6.45) is 2.75. The molecule has 1 amide bonds. The van der Waals surface area contributed by atoms with Gasteiger partial charge in [0.25, 0.3) is 0 Å². The minimum Gasteiger partial charge on any atom is -0.493 e. The molecule has 0 aliphatic carbocycles. The summed E-state index contributed by atoms with van der Waals surface area (Å²) in [7, 11) is 3.51. The van der Waals surface area contributed by atoms with Gasteiger partial charge in [-0.2, -0.15) is 0 Å². The van der Waals surface area contributed by atoms with Gasteiger partial charge < -0.3 is 15.4 Å². The molecule has 118 valence electrons. The van der Waals surface area contributed by atoms with Gasteiger partial charge >= 0.3 is 0 Å². The Balaban J connectivity index is 2.58. The normalized spacial score (nSPS) is 12.0. The summed E-state index contributed by atoms with van der Waals surface area (Å²) in [5.41, 5.74) is 6.96. The van der Waals surface area contributed by atoms with Gasteiger partial charge in [-0.15, -0.1) is 0 Å². The summed E-state index contributed by atoms with van der Waals surface area (Å²) in [6.45, 7) is 2.54. The molecule has 0 heterocycles. The third kappa shape index (κ3) is 5.94. The van der Waals surface area contributed by atoms with E-state index in [9.17, 15) is 4.79 Å². The van der Waals surface area contributed by atoms with Crippen LogP contribution in [0.3, 0.4) is 0 Å². The molecular weight excluding hydrogens is 288 g/mol. The van der Waals surface area contributed by atoms with Crippen molar-refractivity contribution in [2.75, 3.05) is 20.7 Å². The number of benzene rings is 1. The van der Waals surface area contributed by atoms with Crippen LogP contribution in [0.1, 0.15) is 31.7 Å². The maximum atomic E-state index is 11.5. The molecule has 1 rings (SSSR count). The number of nitrogens with zero attached hydrogens (tertiary/aromatic N) is 1. The second-order valence-corrected chi connectivity index (χ2v) is 5.74. The van der Waals surface area contributed by atoms with Crippen molar-refractivity contribution in [1.29, 1.82) is 0 Å². The van der Waals surface area contributed by atoms with E-state index in [0.29, 0.717) is 30.9 Å². The highest BCUT2D eigenvalue weighted by Gasteiger charge is 2.12. The van der Waals surface area contributed by atoms with Crippen LogP contribution in [0.15, 0.2) is 18.2 Å². The Morgan fingerprint density at radius 2 is 2.14 bits per heavy atom. The average molecular weight is 313 g/mol. The number of hydrogen-bond donors (Lipinski definition) is 1. The van der Waals surface area contributed by atoms with E-state index in [0.717, 1.165) is 17.7 Å². The van der Waals surface area contributed by atoms with Crippen LogP contribution >= 0.6 is 11.6 Å². The Morgan fingerprint density at radius 3 is 2.76 bits per heavy atom. The van der Waals surface area contributed by atoms with Gasteiger partial charge in [-0.1, -0.05) is 24.6 Å². The molecular formula is C16H25ClN2O2. The lowest BCUT2D eigenvalue weighted by Crippen LogP contribution is -2.22. The molecule has 0 radical (unpaired) electrons. The van der Waals surface area contributed by atoms with Crippen molar-refractivity contribution in [2.24, 2.45) is 5.73 Å². The molecule has 1 aromatic rings. The number of hydrogen-bond acceptors (Lipinski definition) is 3. The van der Waals surface area contributed by atoms with Crippen LogP contribution in [0.4, 0.5) is 0 Å². The van der Waals surface area contributed by atoms with E-state index in [-0.39, 0.29) is 11.9 Å². The van der Waals surface area contributed by atoms with Crippen LogP contribution in [-0.2, 0) is 11.2 Å². The molecule has 1 unspecified atom stereocenters. The zero-order valence-electron chi connectivity index (χ0n) is 13.1. The second kappa shape index (κ2) is 8.90. The highest BCUT2D eigenvalue weighted by atomic mass is 35.5. The molecule has 21 heavy (non-hydrogen) atoms. The fraction of sp³-hybridized carbons (Fsp3) is 0.562. The number of carbonyl (C=O) groups excluding carboxylic acids is 1. The fourth-order valence-electron chi connectivity index (χ4n) is 1.91. The third-order valence-electron chi connectivity index (χ3n) is 3.36. The monoisotopic (exact) mass is 312 g/mol. The highest BCUT2D eigenvalue weighted by molar-refractivity contribution is 6.31. The van der Waals surface area contributed by atoms with E-state index in [2.05, 4.69) is 6.92 Å². The molecule has 0 spiro atoms. The maximum Gasteiger partial charge on any atom is 0.222 e. The maximum absolute atomic E-state index is 11.5. The second-order valence-electron chi connectivity index (χ2n) is 5.33. The zero-order valence-corrected chi connectivity index (χ0v) is 13.8. The lowest BCUT2D eigenvalue weighted by molar-refractivity contribution is -0.128. The Hall–Kier alpha value is -1.26. The SMILES string of the molecule is CCC(N)Cc1c(Cl)cccc1OCCCC(=O)N(C)C. The summed E-state index contributed by atoms with van der Waals surface area (Å²) in [4.78, 5) is 13.1. The molecule has 0 aromatic heterocycles.